The molecule has 0 N–H and O–H groups in total. The fourth-order valence-corrected chi connectivity index (χ4v) is 3.84. The predicted molar refractivity (Wildman–Crippen MR) is 59.4 cm³/mol. The molecule has 0 aromatic heterocycles. The molecule has 1 amide bonds. The van der Waals surface area contributed by atoms with Crippen LogP contribution in [0.3, 0.4) is 0 Å². The van der Waals surface area contributed by atoms with Crippen LogP contribution in [0.1, 0.15) is 33.1 Å². The van der Waals surface area contributed by atoms with Gasteiger partial charge in [0.05, 0.1) is 5.75 Å². The number of amides is 1. The maximum Gasteiger partial charge on any atom is 0.240 e. The summed E-state index contributed by atoms with van der Waals surface area (Å²) in [5.41, 5.74) is 0. The van der Waals surface area contributed by atoms with Crippen molar-refractivity contribution in [2.75, 3.05) is 18.8 Å². The Kier molecular flexibility index (Phi) is 4.13. The van der Waals surface area contributed by atoms with Crippen molar-refractivity contribution in [3.8, 4) is 0 Å². The molecule has 1 unspecified atom stereocenters. The summed E-state index contributed by atoms with van der Waals surface area (Å²) >= 11 is 0. The molecule has 1 aliphatic rings. The third-order valence-electron chi connectivity index (χ3n) is 2.93. The molecule has 0 aliphatic carbocycles. The molecule has 1 rings (SSSR count). The van der Waals surface area contributed by atoms with E-state index in [2.05, 4.69) is 0 Å². The van der Waals surface area contributed by atoms with Gasteiger partial charge in [-0.3, -0.25) is 4.79 Å². The van der Waals surface area contributed by atoms with Crippen LogP contribution in [0.4, 0.5) is 0 Å². The summed E-state index contributed by atoms with van der Waals surface area (Å²) in [4.78, 5) is 13.5. The molecule has 88 valence electrons. The summed E-state index contributed by atoms with van der Waals surface area (Å²) in [5, 5.41) is -0.772. The SMILES string of the molecule is CCN(CC)C(=O)C1CCCCS1(=O)=O. The Bertz CT molecular complexity index is 320. The zero-order chi connectivity index (χ0) is 11.5. The van der Waals surface area contributed by atoms with Crippen molar-refractivity contribution in [1.29, 1.82) is 0 Å². The summed E-state index contributed by atoms with van der Waals surface area (Å²) < 4.78 is 23.4. The molecule has 0 spiro atoms. The highest BCUT2D eigenvalue weighted by Gasteiger charge is 2.36. The summed E-state index contributed by atoms with van der Waals surface area (Å²) in [7, 11) is -3.18. The molecule has 5 heteroatoms. The van der Waals surface area contributed by atoms with Gasteiger partial charge in [-0.25, -0.2) is 8.42 Å². The standard InChI is InChI=1S/C10H19NO3S/c1-3-11(4-2)10(12)9-7-5-6-8-15(9,13)14/h9H,3-8H2,1-2H3. The average molecular weight is 233 g/mol. The maximum atomic E-state index is 11.9. The minimum absolute atomic E-state index is 0.171. The Morgan fingerprint density at radius 1 is 1.27 bits per heavy atom. The Balaban J connectivity index is 2.81. The van der Waals surface area contributed by atoms with Crippen LogP contribution in [0, 0.1) is 0 Å². The molecule has 0 radical (unpaired) electrons. The van der Waals surface area contributed by atoms with Crippen LogP contribution in [-0.2, 0) is 14.6 Å². The number of rotatable bonds is 3. The van der Waals surface area contributed by atoms with Crippen LogP contribution >= 0.6 is 0 Å². The van der Waals surface area contributed by atoms with E-state index < -0.39 is 15.1 Å². The van der Waals surface area contributed by atoms with E-state index >= 15 is 0 Å². The molecule has 1 atom stereocenters. The van der Waals surface area contributed by atoms with Crippen molar-refractivity contribution in [2.45, 2.75) is 38.4 Å². The molecular weight excluding hydrogens is 214 g/mol. The average Bonchev–Trinajstić information content (AvgIpc) is 2.18. The predicted octanol–water partition coefficient (Wildman–Crippen LogP) is 0.822. The van der Waals surface area contributed by atoms with Gasteiger partial charge in [0.15, 0.2) is 9.84 Å². The first-order valence-electron chi connectivity index (χ1n) is 5.53. The number of carbonyl (C=O) groups is 1. The number of hydrogen-bond acceptors (Lipinski definition) is 3. The van der Waals surface area contributed by atoms with Gasteiger partial charge in [0, 0.05) is 13.1 Å². The van der Waals surface area contributed by atoms with Crippen molar-refractivity contribution >= 4 is 15.7 Å². The smallest absolute Gasteiger partial charge is 0.240 e. The second-order valence-corrected chi connectivity index (χ2v) is 6.16. The molecular formula is C10H19NO3S. The topological polar surface area (TPSA) is 54.5 Å². The second-order valence-electron chi connectivity index (χ2n) is 3.86. The van der Waals surface area contributed by atoms with Gasteiger partial charge in [-0.15, -0.1) is 0 Å². The van der Waals surface area contributed by atoms with Gasteiger partial charge in [-0.05, 0) is 26.7 Å². The highest BCUT2D eigenvalue weighted by molar-refractivity contribution is 7.92. The Hall–Kier alpha value is -0.580. The van der Waals surface area contributed by atoms with Gasteiger partial charge in [0.1, 0.15) is 5.25 Å². The molecule has 0 aromatic rings. The first kappa shape index (κ1) is 12.5. The number of hydrogen-bond donors (Lipinski definition) is 0. The van der Waals surface area contributed by atoms with Crippen molar-refractivity contribution in [2.24, 2.45) is 0 Å². The molecule has 0 aromatic carbocycles. The van der Waals surface area contributed by atoms with Gasteiger partial charge in [0.25, 0.3) is 0 Å². The number of carbonyl (C=O) groups excluding carboxylic acids is 1. The van der Waals surface area contributed by atoms with Crippen LogP contribution in [0.15, 0.2) is 0 Å². The lowest BCUT2D eigenvalue weighted by molar-refractivity contribution is -0.130. The van der Waals surface area contributed by atoms with Gasteiger partial charge in [-0.1, -0.05) is 6.42 Å². The molecule has 15 heavy (non-hydrogen) atoms. The van der Waals surface area contributed by atoms with E-state index in [-0.39, 0.29) is 11.7 Å². The quantitative estimate of drug-likeness (QED) is 0.725. The molecule has 0 bridgehead atoms. The van der Waals surface area contributed by atoms with Gasteiger partial charge in [-0.2, -0.15) is 0 Å². The van der Waals surface area contributed by atoms with Crippen molar-refractivity contribution in [3.05, 3.63) is 0 Å². The molecule has 1 fully saturated rings. The highest BCUT2D eigenvalue weighted by Crippen LogP contribution is 2.21. The van der Waals surface area contributed by atoms with Gasteiger partial charge < -0.3 is 4.90 Å². The van der Waals surface area contributed by atoms with Crippen molar-refractivity contribution in [3.63, 3.8) is 0 Å². The summed E-state index contributed by atoms with van der Waals surface area (Å²) in [6.07, 6.45) is 2.04. The Morgan fingerprint density at radius 3 is 2.33 bits per heavy atom. The first-order valence-corrected chi connectivity index (χ1v) is 7.24. The minimum Gasteiger partial charge on any atom is -0.342 e. The highest BCUT2D eigenvalue weighted by atomic mass is 32.2. The number of sulfone groups is 1. The van der Waals surface area contributed by atoms with Gasteiger partial charge >= 0.3 is 0 Å². The fraction of sp³-hybridized carbons (Fsp3) is 0.900. The lowest BCUT2D eigenvalue weighted by atomic mass is 10.1. The maximum absolute atomic E-state index is 11.9. The monoisotopic (exact) mass is 233 g/mol. The summed E-state index contributed by atoms with van der Waals surface area (Å²) in [5.74, 6) is -0.0373. The van der Waals surface area contributed by atoms with Crippen LogP contribution in [0.5, 0.6) is 0 Å². The van der Waals surface area contributed by atoms with Crippen LogP contribution in [0.25, 0.3) is 0 Å². The lowest BCUT2D eigenvalue weighted by Gasteiger charge is -2.27. The zero-order valence-electron chi connectivity index (χ0n) is 9.40. The summed E-state index contributed by atoms with van der Waals surface area (Å²) in [6.45, 7) is 4.91. The largest absolute Gasteiger partial charge is 0.342 e. The van der Waals surface area contributed by atoms with E-state index in [1.54, 1.807) is 4.90 Å². The van der Waals surface area contributed by atoms with E-state index in [0.29, 0.717) is 25.9 Å². The Labute approximate surface area is 91.6 Å². The first-order chi connectivity index (χ1) is 7.03. The van der Waals surface area contributed by atoms with Crippen LogP contribution < -0.4 is 0 Å². The third-order valence-corrected chi connectivity index (χ3v) is 5.09. The fourth-order valence-electron chi connectivity index (χ4n) is 1.97. The van der Waals surface area contributed by atoms with E-state index in [0.717, 1.165) is 6.42 Å². The second kappa shape index (κ2) is 4.96. The summed E-state index contributed by atoms with van der Waals surface area (Å²) in [6, 6.07) is 0. The van der Waals surface area contributed by atoms with Crippen molar-refractivity contribution < 1.29 is 13.2 Å². The normalized spacial score (nSPS) is 24.8. The van der Waals surface area contributed by atoms with E-state index in [1.165, 1.54) is 0 Å². The molecule has 1 heterocycles. The lowest BCUT2D eigenvalue weighted by Crippen LogP contribution is -2.45. The molecule has 1 aliphatic heterocycles. The number of nitrogens with zero attached hydrogens (tertiary/aromatic N) is 1. The Morgan fingerprint density at radius 2 is 1.87 bits per heavy atom. The molecule has 0 saturated carbocycles. The third kappa shape index (κ3) is 2.71. The molecule has 1 saturated heterocycles. The molecule has 4 nitrogen and oxygen atoms in total. The van der Waals surface area contributed by atoms with E-state index in [4.69, 9.17) is 0 Å². The van der Waals surface area contributed by atoms with Crippen LogP contribution in [0.2, 0.25) is 0 Å². The van der Waals surface area contributed by atoms with E-state index in [9.17, 15) is 13.2 Å². The zero-order valence-corrected chi connectivity index (χ0v) is 10.2. The minimum atomic E-state index is -3.18. The van der Waals surface area contributed by atoms with Gasteiger partial charge in [0.2, 0.25) is 5.91 Å². The van der Waals surface area contributed by atoms with Crippen molar-refractivity contribution in [1.82, 2.24) is 4.90 Å². The van der Waals surface area contributed by atoms with E-state index in [1.807, 2.05) is 13.8 Å². The van der Waals surface area contributed by atoms with Crippen LogP contribution in [-0.4, -0.2) is 43.3 Å².